The molecule has 0 bridgehead atoms. The van der Waals surface area contributed by atoms with E-state index in [1.54, 1.807) is 34.6 Å². The lowest BCUT2D eigenvalue weighted by molar-refractivity contribution is -0.0410. The molecule has 0 radical (unpaired) electrons. The fraction of sp³-hybridized carbons (Fsp3) is 1.00. The van der Waals surface area contributed by atoms with Crippen LogP contribution in [0.5, 0.6) is 0 Å². The van der Waals surface area contributed by atoms with E-state index in [9.17, 15) is 10.2 Å². The predicted octanol–water partition coefficient (Wildman–Crippen LogP) is 0.636. The zero-order valence-electron chi connectivity index (χ0n) is 8.68. The Kier molecular flexibility index (Phi) is 2.95. The van der Waals surface area contributed by atoms with Crippen molar-refractivity contribution in [3.63, 3.8) is 0 Å². The van der Waals surface area contributed by atoms with E-state index in [1.165, 1.54) is 0 Å². The van der Waals surface area contributed by atoms with Gasteiger partial charge in [0.05, 0.1) is 11.2 Å². The summed E-state index contributed by atoms with van der Waals surface area (Å²) in [4.78, 5) is 0. The second-order valence-corrected chi connectivity index (χ2v) is 4.97. The SMILES string of the molecule is CC(C)(O)CC(C)(N)C(C)(C)O. The van der Waals surface area contributed by atoms with Crippen molar-refractivity contribution in [3.05, 3.63) is 0 Å². The van der Waals surface area contributed by atoms with Crippen molar-refractivity contribution in [2.45, 2.75) is 57.8 Å². The molecule has 0 aromatic carbocycles. The minimum atomic E-state index is -0.979. The first-order valence-corrected chi connectivity index (χ1v) is 4.19. The number of hydrogen-bond acceptors (Lipinski definition) is 3. The van der Waals surface area contributed by atoms with Gasteiger partial charge in [0.15, 0.2) is 0 Å². The van der Waals surface area contributed by atoms with E-state index >= 15 is 0 Å². The van der Waals surface area contributed by atoms with Crippen LogP contribution >= 0.6 is 0 Å². The van der Waals surface area contributed by atoms with E-state index in [4.69, 9.17) is 5.73 Å². The van der Waals surface area contributed by atoms with Crippen molar-refractivity contribution in [1.29, 1.82) is 0 Å². The van der Waals surface area contributed by atoms with E-state index in [2.05, 4.69) is 0 Å². The molecule has 0 aromatic rings. The summed E-state index contributed by atoms with van der Waals surface area (Å²) < 4.78 is 0. The molecule has 12 heavy (non-hydrogen) atoms. The summed E-state index contributed by atoms with van der Waals surface area (Å²) in [6.07, 6.45) is 0.365. The van der Waals surface area contributed by atoms with Crippen LogP contribution in [0.25, 0.3) is 0 Å². The Morgan fingerprint density at radius 1 is 1.00 bits per heavy atom. The largest absolute Gasteiger partial charge is 0.390 e. The van der Waals surface area contributed by atoms with Crippen molar-refractivity contribution < 1.29 is 10.2 Å². The fourth-order valence-electron chi connectivity index (χ4n) is 1.11. The molecule has 4 N–H and O–H groups in total. The van der Waals surface area contributed by atoms with Crippen LogP contribution in [0.3, 0.4) is 0 Å². The van der Waals surface area contributed by atoms with Crippen molar-refractivity contribution in [3.8, 4) is 0 Å². The van der Waals surface area contributed by atoms with Crippen LogP contribution in [-0.4, -0.2) is 27.0 Å². The van der Waals surface area contributed by atoms with Crippen LogP contribution < -0.4 is 5.73 Å². The highest BCUT2D eigenvalue weighted by Gasteiger charge is 2.39. The van der Waals surface area contributed by atoms with Gasteiger partial charge in [-0.3, -0.25) is 0 Å². The van der Waals surface area contributed by atoms with Gasteiger partial charge in [-0.1, -0.05) is 0 Å². The molecular formula is C9H21NO2. The second kappa shape index (κ2) is 2.98. The maximum Gasteiger partial charge on any atom is 0.0768 e. The van der Waals surface area contributed by atoms with Crippen LogP contribution in [0, 0.1) is 0 Å². The summed E-state index contributed by atoms with van der Waals surface area (Å²) in [6.45, 7) is 8.41. The Morgan fingerprint density at radius 2 is 1.33 bits per heavy atom. The molecule has 0 aliphatic heterocycles. The predicted molar refractivity (Wildman–Crippen MR) is 49.8 cm³/mol. The van der Waals surface area contributed by atoms with Crippen LogP contribution in [0.15, 0.2) is 0 Å². The Labute approximate surface area is 74.6 Å². The molecule has 0 aliphatic rings. The smallest absolute Gasteiger partial charge is 0.0768 e. The third-order valence-electron chi connectivity index (χ3n) is 2.20. The molecule has 3 heteroatoms. The maximum atomic E-state index is 9.67. The molecule has 0 aliphatic carbocycles. The molecule has 0 saturated carbocycles. The third kappa shape index (κ3) is 3.52. The molecule has 0 aromatic heterocycles. The van der Waals surface area contributed by atoms with Gasteiger partial charge in [-0.25, -0.2) is 0 Å². The molecule has 0 fully saturated rings. The van der Waals surface area contributed by atoms with E-state index in [0.717, 1.165) is 0 Å². The minimum Gasteiger partial charge on any atom is -0.390 e. The molecule has 0 rings (SSSR count). The average molecular weight is 175 g/mol. The number of aliphatic hydroxyl groups is 2. The van der Waals surface area contributed by atoms with Gasteiger partial charge in [-0.2, -0.15) is 0 Å². The molecule has 3 nitrogen and oxygen atoms in total. The monoisotopic (exact) mass is 175 g/mol. The molecule has 0 amide bonds. The molecule has 0 spiro atoms. The zero-order valence-corrected chi connectivity index (χ0v) is 8.68. The van der Waals surface area contributed by atoms with Gasteiger partial charge in [0.2, 0.25) is 0 Å². The second-order valence-electron chi connectivity index (χ2n) is 4.97. The number of rotatable bonds is 3. The minimum absolute atomic E-state index is 0.365. The Bertz CT molecular complexity index is 151. The first-order chi connectivity index (χ1) is 4.96. The lowest BCUT2D eigenvalue weighted by Gasteiger charge is -2.40. The van der Waals surface area contributed by atoms with E-state index < -0.39 is 16.7 Å². The summed E-state index contributed by atoms with van der Waals surface area (Å²) in [6, 6.07) is 0. The Hall–Kier alpha value is -0.120. The topological polar surface area (TPSA) is 66.5 Å². The molecule has 0 saturated heterocycles. The highest BCUT2D eigenvalue weighted by molar-refractivity contribution is 4.97. The molecule has 0 heterocycles. The van der Waals surface area contributed by atoms with Gasteiger partial charge in [0.25, 0.3) is 0 Å². The quantitative estimate of drug-likeness (QED) is 0.589. The summed E-state index contributed by atoms with van der Waals surface area (Å²) in [5, 5.41) is 19.2. The first-order valence-electron chi connectivity index (χ1n) is 4.19. The van der Waals surface area contributed by atoms with Crippen molar-refractivity contribution in [1.82, 2.24) is 0 Å². The van der Waals surface area contributed by atoms with Crippen LogP contribution in [-0.2, 0) is 0 Å². The van der Waals surface area contributed by atoms with Crippen LogP contribution in [0.1, 0.15) is 41.0 Å². The van der Waals surface area contributed by atoms with Crippen molar-refractivity contribution in [2.24, 2.45) is 5.73 Å². The van der Waals surface area contributed by atoms with Gasteiger partial charge in [0.1, 0.15) is 0 Å². The van der Waals surface area contributed by atoms with Crippen LogP contribution in [0.4, 0.5) is 0 Å². The van der Waals surface area contributed by atoms with Gasteiger partial charge in [-0.05, 0) is 41.0 Å². The van der Waals surface area contributed by atoms with E-state index in [0.29, 0.717) is 6.42 Å². The van der Waals surface area contributed by atoms with Crippen molar-refractivity contribution >= 4 is 0 Å². The van der Waals surface area contributed by atoms with Gasteiger partial charge >= 0.3 is 0 Å². The van der Waals surface area contributed by atoms with Gasteiger partial charge < -0.3 is 15.9 Å². The molecule has 1 unspecified atom stereocenters. The van der Waals surface area contributed by atoms with Crippen LogP contribution in [0.2, 0.25) is 0 Å². The fourth-order valence-corrected chi connectivity index (χ4v) is 1.11. The highest BCUT2D eigenvalue weighted by Crippen LogP contribution is 2.27. The van der Waals surface area contributed by atoms with Crippen molar-refractivity contribution in [2.75, 3.05) is 0 Å². The standard InChI is InChI=1S/C9H21NO2/c1-7(2,11)6-9(5,10)8(3,4)12/h11-12H,6,10H2,1-5H3. The summed E-state index contributed by atoms with van der Waals surface area (Å²) in [5.41, 5.74) is 3.27. The highest BCUT2D eigenvalue weighted by atomic mass is 16.3. The lowest BCUT2D eigenvalue weighted by Crippen LogP contribution is -2.58. The number of nitrogens with two attached hydrogens (primary N) is 1. The Morgan fingerprint density at radius 3 is 1.42 bits per heavy atom. The first kappa shape index (κ1) is 11.9. The molecule has 1 atom stereocenters. The summed E-state index contributed by atoms with van der Waals surface area (Å²) in [5.74, 6) is 0. The summed E-state index contributed by atoms with van der Waals surface area (Å²) >= 11 is 0. The third-order valence-corrected chi connectivity index (χ3v) is 2.20. The normalized spacial score (nSPS) is 19.0. The maximum absolute atomic E-state index is 9.67. The average Bonchev–Trinajstić information content (AvgIpc) is 1.52. The molecular weight excluding hydrogens is 154 g/mol. The Balaban J connectivity index is 4.44. The summed E-state index contributed by atoms with van der Waals surface area (Å²) in [7, 11) is 0. The van der Waals surface area contributed by atoms with E-state index in [-0.39, 0.29) is 0 Å². The number of hydrogen-bond donors (Lipinski definition) is 3. The lowest BCUT2D eigenvalue weighted by atomic mass is 9.77. The van der Waals surface area contributed by atoms with Gasteiger partial charge in [-0.15, -0.1) is 0 Å². The zero-order chi connectivity index (χ0) is 10.2. The molecule has 74 valence electrons. The van der Waals surface area contributed by atoms with E-state index in [1.807, 2.05) is 0 Å². The van der Waals surface area contributed by atoms with Gasteiger partial charge in [0, 0.05) is 5.54 Å².